The molecule has 1 saturated heterocycles. The Hall–Kier alpha value is -2.68. The molecule has 1 saturated carbocycles. The fourth-order valence-electron chi connectivity index (χ4n) is 3.63. The van der Waals surface area contributed by atoms with Crippen LogP contribution in [0, 0.1) is 5.92 Å². The number of aromatic nitrogens is 1. The number of amides is 4. The zero-order valence-electron chi connectivity index (χ0n) is 15.4. The number of rotatable bonds is 5. The Morgan fingerprint density at radius 1 is 1.43 bits per heavy atom. The Morgan fingerprint density at radius 3 is 2.93 bits per heavy atom. The second-order valence-corrected chi connectivity index (χ2v) is 7.35. The minimum atomic E-state index is -0.940. The van der Waals surface area contributed by atoms with Gasteiger partial charge in [-0.3, -0.25) is 19.3 Å². The van der Waals surface area contributed by atoms with Gasteiger partial charge in [0, 0.05) is 6.20 Å². The molecule has 3 rings (SSSR count). The van der Waals surface area contributed by atoms with Crippen molar-refractivity contribution in [1.82, 2.24) is 15.2 Å². The van der Waals surface area contributed by atoms with Crippen molar-refractivity contribution in [2.45, 2.75) is 38.1 Å². The molecule has 1 aliphatic carbocycles. The lowest BCUT2D eigenvalue weighted by Crippen LogP contribution is -2.54. The van der Waals surface area contributed by atoms with Crippen LogP contribution in [0.1, 0.15) is 32.6 Å². The number of esters is 1. The molecule has 0 bridgehead atoms. The largest absolute Gasteiger partial charge is 0.454 e. The van der Waals surface area contributed by atoms with Gasteiger partial charge < -0.3 is 15.4 Å². The topological polar surface area (TPSA) is 118 Å². The number of halogens is 1. The third-order valence-electron chi connectivity index (χ3n) is 5.19. The maximum absolute atomic E-state index is 12.8. The lowest BCUT2D eigenvalue weighted by atomic mass is 9.73. The van der Waals surface area contributed by atoms with Crippen LogP contribution in [0.25, 0.3) is 0 Å². The number of ether oxygens (including phenoxy) is 1. The van der Waals surface area contributed by atoms with E-state index in [2.05, 4.69) is 15.6 Å². The maximum Gasteiger partial charge on any atom is 0.326 e. The molecular weight excluding hydrogens is 388 g/mol. The van der Waals surface area contributed by atoms with Crippen molar-refractivity contribution in [3.05, 3.63) is 23.5 Å². The molecule has 1 aromatic heterocycles. The number of imide groups is 1. The quantitative estimate of drug-likeness (QED) is 0.435. The van der Waals surface area contributed by atoms with E-state index in [-0.39, 0.29) is 16.8 Å². The number of urea groups is 1. The molecule has 150 valence electrons. The molecule has 1 spiro atoms. The van der Waals surface area contributed by atoms with Crippen LogP contribution in [0.3, 0.4) is 0 Å². The highest BCUT2D eigenvalue weighted by Gasteiger charge is 2.55. The van der Waals surface area contributed by atoms with E-state index >= 15 is 0 Å². The molecule has 28 heavy (non-hydrogen) atoms. The first-order valence-corrected chi connectivity index (χ1v) is 9.41. The van der Waals surface area contributed by atoms with Gasteiger partial charge >= 0.3 is 12.0 Å². The summed E-state index contributed by atoms with van der Waals surface area (Å²) in [5.74, 6) is -1.88. The Kier molecular flexibility index (Phi) is 5.83. The third kappa shape index (κ3) is 3.94. The monoisotopic (exact) mass is 408 g/mol. The summed E-state index contributed by atoms with van der Waals surface area (Å²) in [6.07, 6.45) is 4.70. The average molecular weight is 409 g/mol. The minimum Gasteiger partial charge on any atom is -0.454 e. The lowest BCUT2D eigenvalue weighted by Gasteiger charge is -2.36. The Labute approximate surface area is 166 Å². The van der Waals surface area contributed by atoms with Gasteiger partial charge in [0.15, 0.2) is 11.8 Å². The first kappa shape index (κ1) is 20.1. The number of hydrogen-bond donors (Lipinski definition) is 2. The van der Waals surface area contributed by atoms with E-state index in [1.807, 2.05) is 6.92 Å². The molecule has 2 fully saturated rings. The molecule has 2 N–H and O–H groups in total. The van der Waals surface area contributed by atoms with Crippen molar-refractivity contribution in [3.8, 4) is 0 Å². The van der Waals surface area contributed by atoms with Crippen LogP contribution in [-0.2, 0) is 19.1 Å². The zero-order valence-corrected chi connectivity index (χ0v) is 16.1. The number of carbonyl (C=O) groups excluding carboxylic acids is 4. The van der Waals surface area contributed by atoms with Gasteiger partial charge in [0.1, 0.15) is 12.1 Å². The predicted octanol–water partition coefficient (Wildman–Crippen LogP) is 1.72. The standard InChI is InChI=1S/C18H21ClN4O5/c1-11-5-2-3-7-18(11)16(26)23(17(27)22-18)9-14(25)28-10-13(24)21-12-6-4-8-20-15(12)19/h4,6,8,11H,2-3,5,7,9-10H2,1H3,(H,21,24)(H,22,27)/t11-,18-/m0/s1. The molecule has 2 aliphatic rings. The van der Waals surface area contributed by atoms with E-state index in [9.17, 15) is 19.2 Å². The number of hydrogen-bond acceptors (Lipinski definition) is 6. The van der Waals surface area contributed by atoms with Crippen molar-refractivity contribution in [3.63, 3.8) is 0 Å². The zero-order chi connectivity index (χ0) is 20.3. The molecular formula is C18H21ClN4O5. The van der Waals surface area contributed by atoms with Gasteiger partial charge in [0.25, 0.3) is 11.8 Å². The van der Waals surface area contributed by atoms with Crippen molar-refractivity contribution >= 4 is 41.1 Å². The molecule has 0 unspecified atom stereocenters. The summed E-state index contributed by atoms with van der Waals surface area (Å²) < 4.78 is 4.89. The van der Waals surface area contributed by atoms with Crippen LogP contribution in [0.5, 0.6) is 0 Å². The van der Waals surface area contributed by atoms with E-state index in [1.165, 1.54) is 6.20 Å². The molecule has 2 heterocycles. The van der Waals surface area contributed by atoms with Crippen molar-refractivity contribution in [1.29, 1.82) is 0 Å². The van der Waals surface area contributed by atoms with Crippen molar-refractivity contribution in [2.75, 3.05) is 18.5 Å². The summed E-state index contributed by atoms with van der Waals surface area (Å²) in [4.78, 5) is 53.6. The van der Waals surface area contributed by atoms with Gasteiger partial charge in [-0.05, 0) is 30.9 Å². The molecule has 10 heteroatoms. The fourth-order valence-corrected chi connectivity index (χ4v) is 3.79. The van der Waals surface area contributed by atoms with Gasteiger partial charge in [-0.15, -0.1) is 0 Å². The average Bonchev–Trinajstić information content (AvgIpc) is 2.89. The first-order valence-electron chi connectivity index (χ1n) is 9.03. The number of pyridine rings is 1. The van der Waals surface area contributed by atoms with Crippen LogP contribution in [0.4, 0.5) is 10.5 Å². The first-order chi connectivity index (χ1) is 13.3. The Bertz CT molecular complexity index is 817. The predicted molar refractivity (Wildman–Crippen MR) is 99.4 cm³/mol. The summed E-state index contributed by atoms with van der Waals surface area (Å²) in [5.41, 5.74) is -0.656. The fraction of sp³-hybridized carbons (Fsp3) is 0.500. The van der Waals surface area contributed by atoms with E-state index in [4.69, 9.17) is 16.3 Å². The summed E-state index contributed by atoms with van der Waals surface area (Å²) in [6.45, 7) is 0.808. The number of anilines is 1. The molecule has 2 atom stereocenters. The summed E-state index contributed by atoms with van der Waals surface area (Å²) in [7, 11) is 0. The Morgan fingerprint density at radius 2 is 2.21 bits per heavy atom. The van der Waals surface area contributed by atoms with Crippen molar-refractivity contribution < 1.29 is 23.9 Å². The number of nitrogens with zero attached hydrogens (tertiary/aromatic N) is 2. The van der Waals surface area contributed by atoms with Gasteiger partial charge in [-0.25, -0.2) is 9.78 Å². The van der Waals surface area contributed by atoms with Gasteiger partial charge in [0.2, 0.25) is 0 Å². The molecule has 0 aromatic carbocycles. The highest BCUT2D eigenvalue weighted by atomic mass is 35.5. The van der Waals surface area contributed by atoms with Crippen LogP contribution < -0.4 is 10.6 Å². The molecule has 0 radical (unpaired) electrons. The Balaban J connectivity index is 1.53. The van der Waals surface area contributed by atoms with Gasteiger partial charge in [-0.2, -0.15) is 0 Å². The molecule has 4 amide bonds. The van der Waals surface area contributed by atoms with E-state index < -0.39 is 42.5 Å². The summed E-state index contributed by atoms with van der Waals surface area (Å²) in [6, 6.07) is 2.53. The molecule has 9 nitrogen and oxygen atoms in total. The van der Waals surface area contributed by atoms with E-state index in [0.717, 1.165) is 24.2 Å². The third-order valence-corrected chi connectivity index (χ3v) is 5.49. The number of carbonyl (C=O) groups is 4. The second-order valence-electron chi connectivity index (χ2n) is 6.99. The normalized spacial score (nSPS) is 24.2. The van der Waals surface area contributed by atoms with Crippen LogP contribution >= 0.6 is 11.6 Å². The minimum absolute atomic E-state index is 0.00581. The van der Waals surface area contributed by atoms with Crippen LogP contribution in [0.2, 0.25) is 5.15 Å². The second kappa shape index (κ2) is 8.14. The smallest absolute Gasteiger partial charge is 0.326 e. The summed E-state index contributed by atoms with van der Waals surface area (Å²) >= 11 is 5.84. The lowest BCUT2D eigenvalue weighted by molar-refractivity contribution is -0.150. The van der Waals surface area contributed by atoms with Crippen LogP contribution in [-0.4, -0.2) is 52.4 Å². The molecule has 1 aliphatic heterocycles. The summed E-state index contributed by atoms with van der Waals surface area (Å²) in [5, 5.41) is 5.32. The highest BCUT2D eigenvalue weighted by molar-refractivity contribution is 6.32. The van der Waals surface area contributed by atoms with Gasteiger partial charge in [-0.1, -0.05) is 31.4 Å². The van der Waals surface area contributed by atoms with Gasteiger partial charge in [0.05, 0.1) is 5.69 Å². The van der Waals surface area contributed by atoms with Crippen molar-refractivity contribution in [2.24, 2.45) is 5.92 Å². The number of nitrogens with one attached hydrogen (secondary N) is 2. The maximum atomic E-state index is 12.8. The van der Waals surface area contributed by atoms with E-state index in [0.29, 0.717) is 6.42 Å². The highest BCUT2D eigenvalue weighted by Crippen LogP contribution is 2.38. The SMILES string of the molecule is C[C@H]1CCCC[C@]12NC(=O)N(CC(=O)OCC(=O)Nc1cccnc1Cl)C2=O. The molecule has 1 aromatic rings. The van der Waals surface area contributed by atoms with E-state index in [1.54, 1.807) is 12.1 Å². The van der Waals surface area contributed by atoms with Crippen LogP contribution in [0.15, 0.2) is 18.3 Å².